The zero-order valence-electron chi connectivity index (χ0n) is 9.97. The fourth-order valence-electron chi connectivity index (χ4n) is 3.72. The second-order valence-electron chi connectivity index (χ2n) is 5.61. The summed E-state index contributed by atoms with van der Waals surface area (Å²) in [6.45, 7) is 0. The highest BCUT2D eigenvalue weighted by Gasteiger charge is 2.56. The van der Waals surface area contributed by atoms with E-state index in [9.17, 15) is 5.11 Å². The Morgan fingerprint density at radius 3 is 2.78 bits per heavy atom. The summed E-state index contributed by atoms with van der Waals surface area (Å²) in [4.78, 5) is 0. The van der Waals surface area contributed by atoms with Gasteiger partial charge >= 0.3 is 0 Å². The van der Waals surface area contributed by atoms with E-state index in [1.807, 2.05) is 24.3 Å². The van der Waals surface area contributed by atoms with Crippen LogP contribution in [0.5, 0.6) is 0 Å². The Morgan fingerprint density at radius 1 is 1.22 bits per heavy atom. The fraction of sp³-hybridized carbons (Fsp3) is 0.467. The molecular weight excluding hydrogens is 248 g/mol. The van der Waals surface area contributed by atoms with Gasteiger partial charge in [0.05, 0.1) is 0 Å². The maximum absolute atomic E-state index is 10.4. The molecule has 94 valence electrons. The van der Waals surface area contributed by atoms with Crippen molar-refractivity contribution in [3.05, 3.63) is 35.0 Å². The molecule has 3 heteroatoms. The molecule has 1 heterocycles. The summed E-state index contributed by atoms with van der Waals surface area (Å²) >= 11 is 5.96. The van der Waals surface area contributed by atoms with Crippen LogP contribution >= 0.6 is 11.6 Å². The molecule has 4 rings (SSSR count). The first-order valence-electron chi connectivity index (χ1n) is 6.61. The Bertz CT molecular complexity index is 594. The van der Waals surface area contributed by atoms with Gasteiger partial charge in [0.15, 0.2) is 0 Å². The summed E-state index contributed by atoms with van der Waals surface area (Å²) in [6, 6.07) is 7.49. The third-order valence-electron chi connectivity index (χ3n) is 4.63. The molecule has 0 radical (unpaired) electrons. The highest BCUT2D eigenvalue weighted by Crippen LogP contribution is 2.62. The molecule has 1 aromatic carbocycles. The summed E-state index contributed by atoms with van der Waals surface area (Å²) in [7, 11) is 0. The largest absolute Gasteiger partial charge is 0.458 e. The minimum absolute atomic E-state index is 0.426. The van der Waals surface area contributed by atoms with Crippen molar-refractivity contribution in [3.8, 4) is 0 Å². The zero-order valence-corrected chi connectivity index (χ0v) is 10.7. The molecule has 0 saturated heterocycles. The number of halogens is 1. The summed E-state index contributed by atoms with van der Waals surface area (Å²) < 4.78 is 5.74. The summed E-state index contributed by atoms with van der Waals surface area (Å²) in [5.74, 6) is 2.59. The molecule has 2 nitrogen and oxygen atoms in total. The van der Waals surface area contributed by atoms with Gasteiger partial charge in [-0.3, -0.25) is 0 Å². The number of benzene rings is 1. The number of furan rings is 1. The molecule has 1 aromatic heterocycles. The Morgan fingerprint density at radius 2 is 2.00 bits per heavy atom. The van der Waals surface area contributed by atoms with Crippen molar-refractivity contribution in [2.45, 2.75) is 25.4 Å². The lowest BCUT2D eigenvalue weighted by atomic mass is 10.0. The standard InChI is InChI=1S/C15H15ClO2/c16-9-4-5-12-8(6-9)7-13(18-12)15(17)14-10-2-1-3-11(10)14/h4-7,10-11,14-15,17H,1-3H2. The van der Waals surface area contributed by atoms with E-state index in [0.717, 1.165) is 22.8 Å². The SMILES string of the molecule is OC(c1cc2cc(Cl)ccc2o1)C1C2CCCC21. The normalized spacial score (nSPS) is 31.6. The van der Waals surface area contributed by atoms with Crippen LogP contribution in [0.1, 0.15) is 31.1 Å². The molecule has 2 aromatic rings. The number of hydrogen-bond acceptors (Lipinski definition) is 2. The molecule has 1 N–H and O–H groups in total. The molecule has 2 saturated carbocycles. The molecule has 0 bridgehead atoms. The Labute approximate surface area is 111 Å². The topological polar surface area (TPSA) is 33.4 Å². The molecule has 18 heavy (non-hydrogen) atoms. The van der Waals surface area contributed by atoms with Crippen LogP contribution in [0.25, 0.3) is 11.0 Å². The predicted octanol–water partition coefficient (Wildman–Crippen LogP) is 4.17. The van der Waals surface area contributed by atoms with Gasteiger partial charge in [0.25, 0.3) is 0 Å². The van der Waals surface area contributed by atoms with Gasteiger partial charge in [-0.1, -0.05) is 18.0 Å². The molecule has 3 unspecified atom stereocenters. The van der Waals surface area contributed by atoms with Crippen molar-refractivity contribution >= 4 is 22.6 Å². The minimum Gasteiger partial charge on any atom is -0.458 e. The summed E-state index contributed by atoms with van der Waals surface area (Å²) in [5.41, 5.74) is 0.805. The van der Waals surface area contributed by atoms with E-state index in [1.54, 1.807) is 0 Å². The van der Waals surface area contributed by atoms with Crippen LogP contribution in [0.3, 0.4) is 0 Å². The summed E-state index contributed by atoms with van der Waals surface area (Å²) in [6.07, 6.45) is 3.44. The van der Waals surface area contributed by atoms with Crippen molar-refractivity contribution in [2.24, 2.45) is 17.8 Å². The van der Waals surface area contributed by atoms with Crippen molar-refractivity contribution < 1.29 is 9.52 Å². The molecule has 3 atom stereocenters. The second kappa shape index (κ2) is 3.75. The average molecular weight is 263 g/mol. The van der Waals surface area contributed by atoms with Crippen molar-refractivity contribution in [2.75, 3.05) is 0 Å². The maximum Gasteiger partial charge on any atom is 0.134 e. The molecule has 2 aliphatic rings. The van der Waals surface area contributed by atoms with Gasteiger partial charge in [0, 0.05) is 10.4 Å². The van der Waals surface area contributed by atoms with Crippen LogP contribution in [-0.2, 0) is 0 Å². The van der Waals surface area contributed by atoms with Gasteiger partial charge in [0.1, 0.15) is 17.4 Å². The Hall–Kier alpha value is -0.990. The van der Waals surface area contributed by atoms with Crippen LogP contribution < -0.4 is 0 Å². The van der Waals surface area contributed by atoms with Gasteiger partial charge < -0.3 is 9.52 Å². The average Bonchev–Trinajstić information content (AvgIpc) is 2.77. The molecule has 0 spiro atoms. The van der Waals surface area contributed by atoms with Crippen molar-refractivity contribution in [1.29, 1.82) is 0 Å². The molecular formula is C15H15ClO2. The number of hydrogen-bond donors (Lipinski definition) is 1. The lowest BCUT2D eigenvalue weighted by Crippen LogP contribution is -2.02. The van der Waals surface area contributed by atoms with Crippen LogP contribution in [0.2, 0.25) is 5.02 Å². The van der Waals surface area contributed by atoms with E-state index in [4.69, 9.17) is 16.0 Å². The predicted molar refractivity (Wildman–Crippen MR) is 70.5 cm³/mol. The zero-order chi connectivity index (χ0) is 12.3. The monoisotopic (exact) mass is 262 g/mol. The molecule has 0 amide bonds. The van der Waals surface area contributed by atoms with E-state index < -0.39 is 6.10 Å². The van der Waals surface area contributed by atoms with E-state index in [1.165, 1.54) is 19.3 Å². The van der Waals surface area contributed by atoms with Crippen molar-refractivity contribution in [1.82, 2.24) is 0 Å². The van der Waals surface area contributed by atoms with Crippen LogP contribution in [0, 0.1) is 17.8 Å². The van der Waals surface area contributed by atoms with Gasteiger partial charge in [0.2, 0.25) is 0 Å². The van der Waals surface area contributed by atoms with E-state index in [0.29, 0.717) is 16.7 Å². The molecule has 0 aliphatic heterocycles. The third kappa shape index (κ3) is 1.52. The number of aliphatic hydroxyl groups excluding tert-OH is 1. The Balaban J connectivity index is 1.66. The second-order valence-corrected chi connectivity index (χ2v) is 6.05. The number of rotatable bonds is 2. The fourth-order valence-corrected chi connectivity index (χ4v) is 3.90. The number of fused-ring (bicyclic) bond motifs is 2. The Kier molecular flexibility index (Phi) is 2.27. The van der Waals surface area contributed by atoms with Gasteiger partial charge in [-0.05, 0) is 54.9 Å². The smallest absolute Gasteiger partial charge is 0.134 e. The van der Waals surface area contributed by atoms with Crippen molar-refractivity contribution in [3.63, 3.8) is 0 Å². The quantitative estimate of drug-likeness (QED) is 0.881. The van der Waals surface area contributed by atoms with Gasteiger partial charge in [-0.2, -0.15) is 0 Å². The highest BCUT2D eigenvalue weighted by atomic mass is 35.5. The summed E-state index contributed by atoms with van der Waals surface area (Å²) in [5, 5.41) is 12.1. The van der Waals surface area contributed by atoms with E-state index in [-0.39, 0.29) is 0 Å². The lowest BCUT2D eigenvalue weighted by Gasteiger charge is -2.09. The first-order chi connectivity index (χ1) is 8.74. The first-order valence-corrected chi connectivity index (χ1v) is 6.99. The maximum atomic E-state index is 10.4. The molecule has 2 aliphatic carbocycles. The van der Waals surface area contributed by atoms with Crippen LogP contribution in [0.15, 0.2) is 28.7 Å². The molecule has 2 fully saturated rings. The first kappa shape index (κ1) is 10.9. The third-order valence-corrected chi connectivity index (χ3v) is 4.86. The van der Waals surface area contributed by atoms with Gasteiger partial charge in [-0.25, -0.2) is 0 Å². The van der Waals surface area contributed by atoms with Crippen LogP contribution in [-0.4, -0.2) is 5.11 Å². The highest BCUT2D eigenvalue weighted by molar-refractivity contribution is 6.31. The number of aliphatic hydroxyl groups is 1. The van der Waals surface area contributed by atoms with Crippen LogP contribution in [0.4, 0.5) is 0 Å². The minimum atomic E-state index is -0.438. The van der Waals surface area contributed by atoms with Gasteiger partial charge in [-0.15, -0.1) is 0 Å². The van der Waals surface area contributed by atoms with E-state index >= 15 is 0 Å². The lowest BCUT2D eigenvalue weighted by molar-refractivity contribution is 0.114. The van der Waals surface area contributed by atoms with E-state index in [2.05, 4.69) is 0 Å².